The molecule has 17 heavy (non-hydrogen) atoms. The van der Waals surface area contributed by atoms with Crippen LogP contribution >= 0.6 is 0 Å². The average molecular weight is 234 g/mol. The van der Waals surface area contributed by atoms with Crippen molar-refractivity contribution >= 4 is 17.5 Å². The molecule has 0 radical (unpaired) electrons. The van der Waals surface area contributed by atoms with Gasteiger partial charge in [-0.2, -0.15) is 0 Å². The highest BCUT2D eigenvalue weighted by atomic mass is 16.3. The van der Waals surface area contributed by atoms with Gasteiger partial charge in [0.05, 0.1) is 0 Å². The van der Waals surface area contributed by atoms with Gasteiger partial charge in [0, 0.05) is 19.0 Å². The molecule has 90 valence electrons. The Morgan fingerprint density at radius 1 is 1.29 bits per heavy atom. The molecular formula is C12H14N2O3. The number of rotatable bonds is 1. The lowest BCUT2D eigenvalue weighted by molar-refractivity contribution is -0.132. The van der Waals surface area contributed by atoms with E-state index in [1.807, 2.05) is 13.8 Å². The van der Waals surface area contributed by atoms with Crippen LogP contribution in [0.3, 0.4) is 0 Å². The van der Waals surface area contributed by atoms with Crippen molar-refractivity contribution in [2.45, 2.75) is 26.7 Å². The molecule has 0 bridgehead atoms. The normalized spacial score (nSPS) is 19.5. The number of carbonyl (C=O) groups excluding carboxylic acids is 2. The van der Waals surface area contributed by atoms with Gasteiger partial charge >= 0.3 is 0 Å². The third-order valence-electron chi connectivity index (χ3n) is 2.77. The number of piperidine rings is 1. The summed E-state index contributed by atoms with van der Waals surface area (Å²) in [5.41, 5.74) is -0.152. The lowest BCUT2D eigenvalue weighted by atomic mass is 9.81. The molecule has 1 aromatic heterocycles. The molecule has 0 spiro atoms. The van der Waals surface area contributed by atoms with Crippen molar-refractivity contribution in [1.82, 2.24) is 4.98 Å². The van der Waals surface area contributed by atoms with Gasteiger partial charge in [-0.1, -0.05) is 13.8 Å². The van der Waals surface area contributed by atoms with Crippen molar-refractivity contribution in [3.8, 4) is 5.88 Å². The zero-order valence-corrected chi connectivity index (χ0v) is 9.80. The Kier molecular flexibility index (Phi) is 2.61. The van der Waals surface area contributed by atoms with E-state index in [2.05, 4.69) is 4.98 Å². The van der Waals surface area contributed by atoms with E-state index in [9.17, 15) is 14.7 Å². The van der Waals surface area contributed by atoms with Crippen LogP contribution in [0.4, 0.5) is 5.69 Å². The van der Waals surface area contributed by atoms with Crippen LogP contribution in [0, 0.1) is 5.41 Å². The maximum absolute atomic E-state index is 11.9. The highest BCUT2D eigenvalue weighted by molar-refractivity contribution is 6.17. The van der Waals surface area contributed by atoms with E-state index in [1.54, 1.807) is 6.07 Å². The minimum absolute atomic E-state index is 0.165. The van der Waals surface area contributed by atoms with Crippen LogP contribution in [0.2, 0.25) is 0 Å². The minimum Gasteiger partial charge on any atom is -0.492 e. The molecule has 2 rings (SSSR count). The number of hydrogen-bond acceptors (Lipinski definition) is 4. The van der Waals surface area contributed by atoms with Gasteiger partial charge in [0.2, 0.25) is 17.7 Å². The van der Waals surface area contributed by atoms with E-state index in [4.69, 9.17) is 0 Å². The Hall–Kier alpha value is -1.91. The monoisotopic (exact) mass is 234 g/mol. The number of amides is 2. The smallest absolute Gasteiger partial charge is 0.235 e. The standard InChI is InChI=1S/C12H14N2O3/c1-12(2)6-9(15)14(10(16)7-12)8-4-3-5-13-11(8)17/h3-5H,6-7H2,1-2H3,(H,13,17). The van der Waals surface area contributed by atoms with Crippen molar-refractivity contribution in [2.24, 2.45) is 5.41 Å². The van der Waals surface area contributed by atoms with E-state index in [1.165, 1.54) is 12.3 Å². The van der Waals surface area contributed by atoms with E-state index in [-0.39, 0.29) is 41.6 Å². The highest BCUT2D eigenvalue weighted by Gasteiger charge is 2.39. The fourth-order valence-corrected chi connectivity index (χ4v) is 2.01. The number of hydrogen-bond donors (Lipinski definition) is 1. The molecule has 1 aliphatic rings. The topological polar surface area (TPSA) is 70.5 Å². The van der Waals surface area contributed by atoms with Crippen LogP contribution in [0.5, 0.6) is 5.88 Å². The molecule has 2 heterocycles. The number of carbonyl (C=O) groups is 2. The first-order chi connectivity index (χ1) is 7.91. The molecule has 0 aliphatic carbocycles. The molecule has 2 amide bonds. The number of anilines is 1. The van der Waals surface area contributed by atoms with E-state index < -0.39 is 0 Å². The highest BCUT2D eigenvalue weighted by Crippen LogP contribution is 2.36. The van der Waals surface area contributed by atoms with Crippen LogP contribution < -0.4 is 4.90 Å². The van der Waals surface area contributed by atoms with Gasteiger partial charge in [0.15, 0.2) is 0 Å². The van der Waals surface area contributed by atoms with Crippen molar-refractivity contribution in [2.75, 3.05) is 4.90 Å². The van der Waals surface area contributed by atoms with Gasteiger partial charge in [-0.25, -0.2) is 9.88 Å². The quantitative estimate of drug-likeness (QED) is 0.747. The molecule has 0 atom stereocenters. The molecule has 1 saturated heterocycles. The zero-order chi connectivity index (χ0) is 12.6. The molecular weight excluding hydrogens is 220 g/mol. The molecule has 5 heteroatoms. The molecule has 1 fully saturated rings. The summed E-state index contributed by atoms with van der Waals surface area (Å²) in [6, 6.07) is 3.09. The number of pyridine rings is 1. The lowest BCUT2D eigenvalue weighted by Crippen LogP contribution is -2.46. The van der Waals surface area contributed by atoms with Gasteiger partial charge in [-0.3, -0.25) is 9.59 Å². The Bertz CT molecular complexity index is 462. The molecule has 5 nitrogen and oxygen atoms in total. The number of imide groups is 1. The average Bonchev–Trinajstić information content (AvgIpc) is 2.17. The lowest BCUT2D eigenvalue weighted by Gasteiger charge is -2.34. The number of aromatic hydroxyl groups is 1. The Balaban J connectivity index is 2.38. The molecule has 0 saturated carbocycles. The Morgan fingerprint density at radius 2 is 1.88 bits per heavy atom. The number of aromatic nitrogens is 1. The summed E-state index contributed by atoms with van der Waals surface area (Å²) in [5.74, 6) is -0.891. The maximum atomic E-state index is 11.9. The molecule has 1 aliphatic heterocycles. The second-order valence-corrected chi connectivity index (χ2v) is 4.99. The van der Waals surface area contributed by atoms with Gasteiger partial charge in [-0.05, 0) is 17.5 Å². The summed E-state index contributed by atoms with van der Waals surface area (Å²) in [4.78, 5) is 28.6. The van der Waals surface area contributed by atoms with Gasteiger partial charge in [0.1, 0.15) is 5.69 Å². The predicted molar refractivity (Wildman–Crippen MR) is 61.4 cm³/mol. The van der Waals surface area contributed by atoms with Crippen LogP contribution in [-0.2, 0) is 9.59 Å². The van der Waals surface area contributed by atoms with Gasteiger partial charge in [-0.15, -0.1) is 0 Å². The van der Waals surface area contributed by atoms with Crippen LogP contribution in [0.1, 0.15) is 26.7 Å². The zero-order valence-electron chi connectivity index (χ0n) is 9.80. The second-order valence-electron chi connectivity index (χ2n) is 4.99. The predicted octanol–water partition coefficient (Wildman–Crippen LogP) is 1.47. The summed E-state index contributed by atoms with van der Waals surface area (Å²) in [5, 5.41) is 9.57. The SMILES string of the molecule is CC1(C)CC(=O)N(c2cccnc2O)C(=O)C1. The first-order valence-corrected chi connectivity index (χ1v) is 5.40. The minimum atomic E-state index is -0.317. The second kappa shape index (κ2) is 3.84. The molecule has 0 unspecified atom stereocenters. The largest absolute Gasteiger partial charge is 0.492 e. The summed E-state index contributed by atoms with van der Waals surface area (Å²) in [6.45, 7) is 3.76. The fourth-order valence-electron chi connectivity index (χ4n) is 2.01. The van der Waals surface area contributed by atoms with Crippen LogP contribution in [-0.4, -0.2) is 21.9 Å². The van der Waals surface area contributed by atoms with Crippen molar-refractivity contribution in [3.63, 3.8) is 0 Å². The first-order valence-electron chi connectivity index (χ1n) is 5.40. The summed E-state index contributed by atoms with van der Waals surface area (Å²) < 4.78 is 0. The van der Waals surface area contributed by atoms with Crippen molar-refractivity contribution in [3.05, 3.63) is 18.3 Å². The van der Waals surface area contributed by atoms with Crippen molar-refractivity contribution < 1.29 is 14.7 Å². The Labute approximate surface area is 99.1 Å². The van der Waals surface area contributed by atoms with E-state index >= 15 is 0 Å². The van der Waals surface area contributed by atoms with Crippen molar-refractivity contribution in [1.29, 1.82) is 0 Å². The molecule has 1 N–H and O–H groups in total. The maximum Gasteiger partial charge on any atom is 0.235 e. The third-order valence-corrected chi connectivity index (χ3v) is 2.77. The van der Waals surface area contributed by atoms with Crippen LogP contribution in [0.25, 0.3) is 0 Å². The Morgan fingerprint density at radius 3 is 2.41 bits per heavy atom. The summed E-state index contributed by atoms with van der Waals surface area (Å²) in [7, 11) is 0. The first kappa shape index (κ1) is 11.6. The van der Waals surface area contributed by atoms with E-state index in [0.29, 0.717) is 0 Å². The molecule has 1 aromatic rings. The molecule has 0 aromatic carbocycles. The number of nitrogens with zero attached hydrogens (tertiary/aromatic N) is 2. The fraction of sp³-hybridized carbons (Fsp3) is 0.417. The summed E-state index contributed by atoms with van der Waals surface area (Å²) >= 11 is 0. The van der Waals surface area contributed by atoms with Gasteiger partial charge in [0.25, 0.3) is 0 Å². The van der Waals surface area contributed by atoms with E-state index in [0.717, 1.165) is 4.90 Å². The van der Waals surface area contributed by atoms with Gasteiger partial charge < -0.3 is 5.11 Å². The third kappa shape index (κ3) is 2.13. The summed E-state index contributed by atoms with van der Waals surface area (Å²) in [6.07, 6.45) is 1.97. The van der Waals surface area contributed by atoms with Crippen LogP contribution in [0.15, 0.2) is 18.3 Å².